The summed E-state index contributed by atoms with van der Waals surface area (Å²) >= 11 is 0. The third-order valence-electron chi connectivity index (χ3n) is 5.61. The van der Waals surface area contributed by atoms with Gasteiger partial charge < -0.3 is 25.6 Å². The summed E-state index contributed by atoms with van der Waals surface area (Å²) in [5.41, 5.74) is -0.483. The Bertz CT molecular complexity index is 586. The Morgan fingerprint density at radius 2 is 1.37 bits per heavy atom. The Labute approximate surface area is 181 Å². The Balaban J connectivity index is 1.85. The average molecular weight is 424 g/mol. The van der Waals surface area contributed by atoms with Gasteiger partial charge in [0.2, 0.25) is 5.91 Å². The summed E-state index contributed by atoms with van der Waals surface area (Å²) in [5, 5.41) is 10.1. The van der Waals surface area contributed by atoms with E-state index in [1.165, 1.54) is 19.3 Å². The van der Waals surface area contributed by atoms with Crippen molar-refractivity contribution in [3.05, 3.63) is 0 Å². The van der Waals surface area contributed by atoms with E-state index in [1.807, 2.05) is 20.8 Å². The van der Waals surface area contributed by atoms with E-state index < -0.39 is 5.60 Å². The van der Waals surface area contributed by atoms with Crippen LogP contribution in [0.25, 0.3) is 0 Å². The number of guanidine groups is 1. The van der Waals surface area contributed by atoms with E-state index in [0.717, 1.165) is 44.5 Å². The van der Waals surface area contributed by atoms with Gasteiger partial charge in [0.1, 0.15) is 12.1 Å². The number of likely N-dealkylation sites (N-methyl/N-ethyl adjacent to an activating group) is 1. The minimum atomic E-state index is -0.483. The van der Waals surface area contributed by atoms with E-state index >= 15 is 0 Å². The van der Waals surface area contributed by atoms with Crippen LogP contribution >= 0.6 is 0 Å². The molecular weight excluding hydrogens is 382 g/mol. The molecule has 0 radical (unpaired) electrons. The maximum atomic E-state index is 12.0. The predicted molar refractivity (Wildman–Crippen MR) is 120 cm³/mol. The van der Waals surface area contributed by atoms with Gasteiger partial charge in [0.15, 0.2) is 5.96 Å². The molecule has 0 aromatic heterocycles. The number of hydrogen-bond acceptors (Lipinski definition) is 4. The third kappa shape index (κ3) is 9.22. The van der Waals surface area contributed by atoms with Crippen LogP contribution in [-0.2, 0) is 9.53 Å². The van der Waals surface area contributed by atoms with Gasteiger partial charge in [-0.1, -0.05) is 19.3 Å². The first-order valence-corrected chi connectivity index (χ1v) is 11.4. The molecule has 3 N–H and O–H groups in total. The highest BCUT2D eigenvalue weighted by Gasteiger charge is 2.26. The molecule has 0 saturated heterocycles. The van der Waals surface area contributed by atoms with Crippen molar-refractivity contribution in [1.29, 1.82) is 0 Å². The number of amides is 2. The average Bonchev–Trinajstić information content (AvgIpc) is 2.66. The van der Waals surface area contributed by atoms with Crippen LogP contribution in [-0.4, -0.2) is 67.2 Å². The summed E-state index contributed by atoms with van der Waals surface area (Å²) in [7, 11) is 3.50. The number of ether oxygens (including phenoxy) is 1. The van der Waals surface area contributed by atoms with Crippen molar-refractivity contribution < 1.29 is 14.3 Å². The van der Waals surface area contributed by atoms with Gasteiger partial charge in [0, 0.05) is 32.2 Å². The molecule has 0 aliphatic heterocycles. The van der Waals surface area contributed by atoms with Crippen molar-refractivity contribution in [1.82, 2.24) is 20.9 Å². The van der Waals surface area contributed by atoms with E-state index in [9.17, 15) is 9.59 Å². The van der Waals surface area contributed by atoms with Crippen LogP contribution < -0.4 is 16.0 Å². The molecule has 2 fully saturated rings. The largest absolute Gasteiger partial charge is 0.444 e. The topological polar surface area (TPSA) is 95.1 Å². The molecule has 8 heteroatoms. The number of hydrogen-bond donors (Lipinski definition) is 3. The second kappa shape index (κ2) is 11.4. The summed E-state index contributed by atoms with van der Waals surface area (Å²) in [6.45, 7) is 5.75. The first-order chi connectivity index (χ1) is 14.1. The van der Waals surface area contributed by atoms with Gasteiger partial charge in [-0.3, -0.25) is 4.79 Å². The molecule has 2 saturated carbocycles. The lowest BCUT2D eigenvalue weighted by atomic mass is 9.91. The number of alkyl carbamates (subject to hydrolysis) is 1. The Morgan fingerprint density at radius 1 is 0.867 bits per heavy atom. The predicted octanol–water partition coefficient (Wildman–Crippen LogP) is 2.78. The summed E-state index contributed by atoms with van der Waals surface area (Å²) in [6.07, 6.45) is 9.39. The van der Waals surface area contributed by atoms with Crippen molar-refractivity contribution in [2.24, 2.45) is 4.99 Å². The zero-order valence-electron chi connectivity index (χ0n) is 19.4. The normalized spacial score (nSPS) is 23.4. The van der Waals surface area contributed by atoms with Crippen LogP contribution in [0.15, 0.2) is 4.99 Å². The lowest BCUT2D eigenvalue weighted by Gasteiger charge is -2.32. The number of nitrogens with one attached hydrogen (secondary N) is 3. The fraction of sp³-hybridized carbons (Fsp3) is 0.864. The highest BCUT2D eigenvalue weighted by molar-refractivity contribution is 5.85. The monoisotopic (exact) mass is 423 g/mol. The van der Waals surface area contributed by atoms with Crippen molar-refractivity contribution in [2.75, 3.05) is 20.6 Å². The highest BCUT2D eigenvalue weighted by atomic mass is 16.6. The first-order valence-electron chi connectivity index (χ1n) is 11.4. The number of carbonyl (C=O) groups is 2. The molecule has 2 rings (SSSR count). The van der Waals surface area contributed by atoms with Gasteiger partial charge in [-0.05, 0) is 59.3 Å². The van der Waals surface area contributed by atoms with Gasteiger partial charge in [-0.15, -0.1) is 0 Å². The minimum absolute atomic E-state index is 0.00925. The maximum Gasteiger partial charge on any atom is 0.407 e. The fourth-order valence-electron chi connectivity index (χ4n) is 3.91. The van der Waals surface area contributed by atoms with Crippen LogP contribution in [0, 0.1) is 0 Å². The zero-order chi connectivity index (χ0) is 22.1. The summed E-state index contributed by atoms with van der Waals surface area (Å²) in [5.74, 6) is 0.727. The van der Waals surface area contributed by atoms with E-state index in [1.54, 1.807) is 19.0 Å². The molecule has 2 aliphatic carbocycles. The maximum absolute atomic E-state index is 12.0. The lowest BCUT2D eigenvalue weighted by Crippen LogP contribution is -2.50. The fourth-order valence-corrected chi connectivity index (χ4v) is 3.91. The van der Waals surface area contributed by atoms with Crippen molar-refractivity contribution in [3.8, 4) is 0 Å². The van der Waals surface area contributed by atoms with E-state index in [4.69, 9.17) is 4.74 Å². The summed E-state index contributed by atoms with van der Waals surface area (Å²) in [4.78, 5) is 30.1. The van der Waals surface area contributed by atoms with Crippen LogP contribution in [0.2, 0.25) is 0 Å². The molecule has 172 valence electrons. The number of aliphatic imine (C=N–C) groups is 1. The molecule has 0 spiro atoms. The summed E-state index contributed by atoms with van der Waals surface area (Å²) in [6, 6.07) is 0.843. The van der Waals surface area contributed by atoms with Gasteiger partial charge in [-0.2, -0.15) is 0 Å². The van der Waals surface area contributed by atoms with Crippen LogP contribution in [0.1, 0.15) is 78.6 Å². The molecule has 0 aromatic rings. The van der Waals surface area contributed by atoms with E-state index in [0.29, 0.717) is 6.04 Å². The molecule has 2 amide bonds. The number of carbonyl (C=O) groups excluding carboxylic acids is 2. The zero-order valence-corrected chi connectivity index (χ0v) is 19.4. The Morgan fingerprint density at radius 3 is 1.87 bits per heavy atom. The molecule has 0 atom stereocenters. The molecule has 2 aliphatic rings. The second-order valence-electron chi connectivity index (χ2n) is 9.77. The standard InChI is InChI=1S/C22H41N5O3/c1-22(2,3)30-21(29)26-18-13-11-17(12-14-18)25-20(23-15-19(28)27(4)5)24-16-9-7-6-8-10-16/h16-18H,6-15H2,1-5H3,(H,26,29)(H2,23,24,25). The number of rotatable bonds is 5. The minimum Gasteiger partial charge on any atom is -0.444 e. The van der Waals surface area contributed by atoms with Crippen LogP contribution in [0.5, 0.6) is 0 Å². The molecule has 8 nitrogen and oxygen atoms in total. The first kappa shape index (κ1) is 24.3. The van der Waals surface area contributed by atoms with Crippen LogP contribution in [0.3, 0.4) is 0 Å². The molecule has 0 bridgehead atoms. The van der Waals surface area contributed by atoms with Crippen molar-refractivity contribution in [2.45, 2.75) is 102 Å². The van der Waals surface area contributed by atoms with Crippen molar-refractivity contribution >= 4 is 18.0 Å². The van der Waals surface area contributed by atoms with Gasteiger partial charge in [0.05, 0.1) is 0 Å². The molecule has 30 heavy (non-hydrogen) atoms. The molecule has 0 unspecified atom stereocenters. The quantitative estimate of drug-likeness (QED) is 0.467. The van der Waals surface area contributed by atoms with E-state index in [-0.39, 0.29) is 30.6 Å². The SMILES string of the molecule is CN(C)C(=O)CN=C(NC1CCCCC1)NC1CCC(NC(=O)OC(C)(C)C)CC1. The van der Waals surface area contributed by atoms with Crippen molar-refractivity contribution in [3.63, 3.8) is 0 Å². The molecule has 0 heterocycles. The van der Waals surface area contributed by atoms with Crippen LogP contribution in [0.4, 0.5) is 4.79 Å². The third-order valence-corrected chi connectivity index (χ3v) is 5.61. The highest BCUT2D eigenvalue weighted by Crippen LogP contribution is 2.20. The van der Waals surface area contributed by atoms with Gasteiger partial charge in [0.25, 0.3) is 0 Å². The molecule has 0 aromatic carbocycles. The Hall–Kier alpha value is -1.99. The second-order valence-corrected chi connectivity index (χ2v) is 9.77. The lowest BCUT2D eigenvalue weighted by molar-refractivity contribution is -0.127. The Kier molecular flexibility index (Phi) is 9.24. The smallest absolute Gasteiger partial charge is 0.407 e. The molecular formula is C22H41N5O3. The van der Waals surface area contributed by atoms with Gasteiger partial charge in [-0.25, -0.2) is 9.79 Å². The van der Waals surface area contributed by atoms with Gasteiger partial charge >= 0.3 is 6.09 Å². The summed E-state index contributed by atoms with van der Waals surface area (Å²) < 4.78 is 5.36. The van der Waals surface area contributed by atoms with E-state index in [2.05, 4.69) is 20.9 Å². The number of nitrogens with zero attached hydrogens (tertiary/aromatic N) is 2.